The highest BCUT2D eigenvalue weighted by molar-refractivity contribution is 5.31. The Balaban J connectivity index is 2.26. The van der Waals surface area contributed by atoms with Crippen LogP contribution in [0.15, 0.2) is 24.3 Å². The van der Waals surface area contributed by atoms with E-state index in [1.165, 1.54) is 12.1 Å². The summed E-state index contributed by atoms with van der Waals surface area (Å²) >= 11 is 0. The predicted molar refractivity (Wildman–Crippen MR) is 56.5 cm³/mol. The standard InChI is InChI=1S/C10H12FN5/c11-8-3-5-9(6-4-8)16-10(2-1-7-12)13-14-15-16/h3-6H,1-2,7,12H2. The molecular formula is C10H12FN5. The molecule has 0 atom stereocenters. The maximum Gasteiger partial charge on any atom is 0.156 e. The Labute approximate surface area is 92.1 Å². The third-order valence-corrected chi connectivity index (χ3v) is 2.21. The Morgan fingerprint density at radius 2 is 2.00 bits per heavy atom. The summed E-state index contributed by atoms with van der Waals surface area (Å²) in [7, 11) is 0. The summed E-state index contributed by atoms with van der Waals surface area (Å²) in [5.74, 6) is 0.456. The van der Waals surface area contributed by atoms with Gasteiger partial charge in [-0.25, -0.2) is 4.39 Å². The quantitative estimate of drug-likeness (QED) is 0.824. The Bertz CT molecular complexity index is 450. The maximum atomic E-state index is 12.8. The SMILES string of the molecule is NCCCc1nnnn1-c1ccc(F)cc1. The zero-order valence-electron chi connectivity index (χ0n) is 8.67. The molecule has 0 saturated heterocycles. The number of aryl methyl sites for hydroxylation is 1. The lowest BCUT2D eigenvalue weighted by atomic mass is 10.2. The van der Waals surface area contributed by atoms with Crippen molar-refractivity contribution >= 4 is 0 Å². The average Bonchev–Trinajstić information content (AvgIpc) is 2.75. The highest BCUT2D eigenvalue weighted by Crippen LogP contribution is 2.09. The van der Waals surface area contributed by atoms with Gasteiger partial charge in [0.05, 0.1) is 5.69 Å². The zero-order valence-corrected chi connectivity index (χ0v) is 8.67. The number of nitrogens with zero attached hydrogens (tertiary/aromatic N) is 4. The van der Waals surface area contributed by atoms with Crippen LogP contribution in [-0.2, 0) is 6.42 Å². The molecule has 5 nitrogen and oxygen atoms in total. The summed E-state index contributed by atoms with van der Waals surface area (Å²) in [6.45, 7) is 0.594. The first-order chi connectivity index (χ1) is 7.81. The third-order valence-electron chi connectivity index (χ3n) is 2.21. The lowest BCUT2D eigenvalue weighted by Gasteiger charge is -2.03. The minimum atomic E-state index is -0.277. The van der Waals surface area contributed by atoms with Crippen molar-refractivity contribution in [3.63, 3.8) is 0 Å². The van der Waals surface area contributed by atoms with Gasteiger partial charge in [-0.15, -0.1) is 5.10 Å². The molecule has 2 rings (SSSR count). The fraction of sp³-hybridized carbons (Fsp3) is 0.300. The van der Waals surface area contributed by atoms with E-state index in [9.17, 15) is 4.39 Å². The molecule has 1 heterocycles. The second-order valence-electron chi connectivity index (χ2n) is 3.38. The van der Waals surface area contributed by atoms with E-state index in [0.29, 0.717) is 13.0 Å². The van der Waals surface area contributed by atoms with Gasteiger partial charge in [-0.2, -0.15) is 4.68 Å². The molecule has 0 aliphatic heterocycles. The largest absolute Gasteiger partial charge is 0.330 e. The minimum absolute atomic E-state index is 0.277. The van der Waals surface area contributed by atoms with E-state index in [0.717, 1.165) is 17.9 Å². The first-order valence-electron chi connectivity index (χ1n) is 5.04. The van der Waals surface area contributed by atoms with Crippen LogP contribution >= 0.6 is 0 Å². The fourth-order valence-corrected chi connectivity index (χ4v) is 1.40. The van der Waals surface area contributed by atoms with Crippen LogP contribution in [0.5, 0.6) is 0 Å². The molecule has 0 saturated carbocycles. The van der Waals surface area contributed by atoms with Gasteiger partial charge in [0.15, 0.2) is 5.82 Å². The van der Waals surface area contributed by atoms with Gasteiger partial charge in [-0.1, -0.05) is 0 Å². The van der Waals surface area contributed by atoms with Gasteiger partial charge in [0.25, 0.3) is 0 Å². The van der Waals surface area contributed by atoms with Crippen molar-refractivity contribution in [2.24, 2.45) is 5.73 Å². The summed E-state index contributed by atoms with van der Waals surface area (Å²) in [5.41, 5.74) is 6.17. The van der Waals surface area contributed by atoms with Crippen LogP contribution < -0.4 is 5.73 Å². The highest BCUT2D eigenvalue weighted by Gasteiger charge is 2.07. The predicted octanol–water partition coefficient (Wildman–Crippen LogP) is 0.693. The molecular weight excluding hydrogens is 209 g/mol. The van der Waals surface area contributed by atoms with Crippen LogP contribution in [0.25, 0.3) is 5.69 Å². The molecule has 2 N–H and O–H groups in total. The van der Waals surface area contributed by atoms with Gasteiger partial charge in [0.1, 0.15) is 5.82 Å². The molecule has 2 aromatic rings. The number of benzene rings is 1. The number of aromatic nitrogens is 4. The molecule has 0 unspecified atom stereocenters. The van der Waals surface area contributed by atoms with Gasteiger partial charge >= 0.3 is 0 Å². The van der Waals surface area contributed by atoms with E-state index < -0.39 is 0 Å². The number of halogens is 1. The molecule has 0 bridgehead atoms. The normalized spacial score (nSPS) is 10.6. The molecule has 0 amide bonds. The zero-order chi connectivity index (χ0) is 11.4. The molecule has 0 fully saturated rings. The second-order valence-corrected chi connectivity index (χ2v) is 3.38. The van der Waals surface area contributed by atoms with Crippen molar-refractivity contribution in [1.29, 1.82) is 0 Å². The second kappa shape index (κ2) is 4.80. The first kappa shape index (κ1) is 10.7. The number of tetrazole rings is 1. The fourth-order valence-electron chi connectivity index (χ4n) is 1.40. The van der Waals surface area contributed by atoms with Crippen molar-refractivity contribution in [2.75, 3.05) is 6.54 Å². The van der Waals surface area contributed by atoms with Gasteiger partial charge < -0.3 is 5.73 Å². The number of nitrogens with two attached hydrogens (primary N) is 1. The van der Waals surface area contributed by atoms with Crippen LogP contribution in [0.1, 0.15) is 12.2 Å². The van der Waals surface area contributed by atoms with Crippen molar-refractivity contribution in [1.82, 2.24) is 20.2 Å². The monoisotopic (exact) mass is 221 g/mol. The minimum Gasteiger partial charge on any atom is -0.330 e. The van der Waals surface area contributed by atoms with Crippen LogP contribution in [0.4, 0.5) is 4.39 Å². The van der Waals surface area contributed by atoms with E-state index in [4.69, 9.17) is 5.73 Å². The van der Waals surface area contributed by atoms with Gasteiger partial charge in [-0.05, 0) is 47.7 Å². The van der Waals surface area contributed by atoms with Crippen molar-refractivity contribution in [3.8, 4) is 5.69 Å². The van der Waals surface area contributed by atoms with E-state index in [1.807, 2.05) is 0 Å². The van der Waals surface area contributed by atoms with Crippen molar-refractivity contribution in [2.45, 2.75) is 12.8 Å². The van der Waals surface area contributed by atoms with Gasteiger partial charge in [-0.3, -0.25) is 0 Å². The topological polar surface area (TPSA) is 69.6 Å². The van der Waals surface area contributed by atoms with E-state index in [1.54, 1.807) is 16.8 Å². The molecule has 0 radical (unpaired) electrons. The first-order valence-corrected chi connectivity index (χ1v) is 5.04. The molecule has 16 heavy (non-hydrogen) atoms. The molecule has 0 aliphatic rings. The highest BCUT2D eigenvalue weighted by atomic mass is 19.1. The van der Waals surface area contributed by atoms with E-state index >= 15 is 0 Å². The third kappa shape index (κ3) is 2.22. The Morgan fingerprint density at radius 1 is 1.25 bits per heavy atom. The summed E-state index contributed by atoms with van der Waals surface area (Å²) in [6.07, 6.45) is 1.53. The molecule has 0 spiro atoms. The summed E-state index contributed by atoms with van der Waals surface area (Å²) in [5, 5.41) is 11.4. The number of hydrogen-bond acceptors (Lipinski definition) is 4. The van der Waals surface area contributed by atoms with Gasteiger partial charge in [0, 0.05) is 6.42 Å². The van der Waals surface area contributed by atoms with E-state index in [2.05, 4.69) is 15.5 Å². The lowest BCUT2D eigenvalue weighted by Crippen LogP contribution is -2.07. The van der Waals surface area contributed by atoms with Crippen LogP contribution in [-0.4, -0.2) is 26.8 Å². The molecule has 0 aliphatic carbocycles. The molecule has 1 aromatic carbocycles. The van der Waals surface area contributed by atoms with Crippen LogP contribution in [0.3, 0.4) is 0 Å². The summed E-state index contributed by atoms with van der Waals surface area (Å²) in [6, 6.07) is 6.03. The maximum absolute atomic E-state index is 12.8. The molecule has 6 heteroatoms. The van der Waals surface area contributed by atoms with E-state index in [-0.39, 0.29) is 5.82 Å². The smallest absolute Gasteiger partial charge is 0.156 e. The summed E-state index contributed by atoms with van der Waals surface area (Å²) < 4.78 is 14.3. The van der Waals surface area contributed by atoms with Crippen molar-refractivity contribution < 1.29 is 4.39 Å². The van der Waals surface area contributed by atoms with Crippen LogP contribution in [0, 0.1) is 5.82 Å². The Hall–Kier alpha value is -1.82. The van der Waals surface area contributed by atoms with Gasteiger partial charge in [0.2, 0.25) is 0 Å². The Kier molecular flexibility index (Phi) is 3.21. The average molecular weight is 221 g/mol. The van der Waals surface area contributed by atoms with Crippen LogP contribution in [0.2, 0.25) is 0 Å². The Morgan fingerprint density at radius 3 is 2.69 bits per heavy atom. The summed E-state index contributed by atoms with van der Waals surface area (Å²) in [4.78, 5) is 0. The molecule has 84 valence electrons. The molecule has 1 aromatic heterocycles. The lowest BCUT2D eigenvalue weighted by molar-refractivity contribution is 0.626. The van der Waals surface area contributed by atoms with Crippen molar-refractivity contribution in [3.05, 3.63) is 35.9 Å². The number of hydrogen-bond donors (Lipinski definition) is 1. The number of rotatable bonds is 4.